The topological polar surface area (TPSA) is 115 Å². The van der Waals surface area contributed by atoms with Crippen LogP contribution in [-0.4, -0.2) is 57.8 Å². The van der Waals surface area contributed by atoms with E-state index in [1.165, 1.54) is 30.2 Å². The summed E-state index contributed by atoms with van der Waals surface area (Å²) < 4.78 is 38.5. The average molecular weight is 408 g/mol. The van der Waals surface area contributed by atoms with Gasteiger partial charge < -0.3 is 24.1 Å². The van der Waals surface area contributed by atoms with Crippen LogP contribution in [0.3, 0.4) is 0 Å². The molecule has 0 aliphatic carbocycles. The number of furan rings is 1. The molecule has 2 amide bonds. The Morgan fingerprint density at radius 1 is 1.18 bits per heavy atom. The van der Waals surface area contributed by atoms with E-state index in [2.05, 4.69) is 10.1 Å². The third-order valence-corrected chi connectivity index (χ3v) is 5.30. The second-order valence-electron chi connectivity index (χ2n) is 6.34. The number of carbonyl (C=O) groups is 2. The number of nitrogens with zero attached hydrogens (tertiary/aromatic N) is 1. The molecule has 0 spiro atoms. The third kappa shape index (κ3) is 4.63. The van der Waals surface area contributed by atoms with Gasteiger partial charge in [0.05, 0.1) is 18.0 Å². The quantitative estimate of drug-likeness (QED) is 0.769. The third-order valence-electron chi connectivity index (χ3n) is 4.17. The highest BCUT2D eigenvalue weighted by molar-refractivity contribution is 7.90. The Morgan fingerprint density at radius 2 is 1.86 bits per heavy atom. The normalized spacial score (nSPS) is 14.3. The van der Waals surface area contributed by atoms with Crippen LogP contribution < -0.4 is 10.1 Å². The smallest absolute Gasteiger partial charge is 0.409 e. The van der Waals surface area contributed by atoms with Gasteiger partial charge in [0.15, 0.2) is 15.6 Å². The van der Waals surface area contributed by atoms with Crippen molar-refractivity contribution >= 4 is 21.8 Å². The summed E-state index contributed by atoms with van der Waals surface area (Å²) in [4.78, 5) is 25.1. The van der Waals surface area contributed by atoms with E-state index in [0.717, 1.165) is 6.26 Å². The summed E-state index contributed by atoms with van der Waals surface area (Å²) in [6.45, 7) is 0.863. The maximum Gasteiger partial charge on any atom is 0.409 e. The molecule has 0 saturated carbocycles. The van der Waals surface area contributed by atoms with Crippen LogP contribution in [0.1, 0.15) is 16.3 Å². The summed E-state index contributed by atoms with van der Waals surface area (Å²) in [7, 11) is -1.95. The van der Waals surface area contributed by atoms with Crippen LogP contribution in [0.5, 0.6) is 5.75 Å². The number of hydrogen-bond donors (Lipinski definition) is 1. The van der Waals surface area contributed by atoms with Crippen molar-refractivity contribution in [2.24, 2.45) is 0 Å². The summed E-state index contributed by atoms with van der Waals surface area (Å²) in [5.74, 6) is 0.690. The molecule has 1 aromatic heterocycles. The van der Waals surface area contributed by atoms with E-state index in [1.807, 2.05) is 0 Å². The fraction of sp³-hybridized carbons (Fsp3) is 0.333. The van der Waals surface area contributed by atoms with Gasteiger partial charge in [-0.05, 0) is 36.4 Å². The van der Waals surface area contributed by atoms with Gasteiger partial charge in [-0.1, -0.05) is 0 Å². The number of rotatable bonds is 6. The molecule has 1 aliphatic heterocycles. The van der Waals surface area contributed by atoms with Crippen LogP contribution in [0.15, 0.2) is 45.7 Å². The first-order valence-corrected chi connectivity index (χ1v) is 10.3. The Hall–Kier alpha value is -3.01. The second-order valence-corrected chi connectivity index (χ2v) is 8.36. The summed E-state index contributed by atoms with van der Waals surface area (Å²) in [5, 5.41) is 2.77. The van der Waals surface area contributed by atoms with E-state index in [9.17, 15) is 18.0 Å². The Kier molecular flexibility index (Phi) is 5.59. The van der Waals surface area contributed by atoms with Gasteiger partial charge in [-0.15, -0.1) is 0 Å². The van der Waals surface area contributed by atoms with Gasteiger partial charge >= 0.3 is 6.09 Å². The molecule has 10 heteroatoms. The summed E-state index contributed by atoms with van der Waals surface area (Å²) >= 11 is 0. The van der Waals surface area contributed by atoms with Crippen LogP contribution in [0.4, 0.5) is 4.79 Å². The van der Waals surface area contributed by atoms with Gasteiger partial charge in [-0.2, -0.15) is 0 Å². The molecule has 2 heterocycles. The van der Waals surface area contributed by atoms with E-state index < -0.39 is 15.9 Å². The number of hydrogen-bond acceptors (Lipinski definition) is 7. The molecule has 0 atom stereocenters. The predicted octanol–water partition coefficient (Wildman–Crippen LogP) is 1.44. The van der Waals surface area contributed by atoms with Gasteiger partial charge in [0.1, 0.15) is 18.1 Å². The van der Waals surface area contributed by atoms with Crippen LogP contribution in [0.2, 0.25) is 0 Å². The molecule has 0 unspecified atom stereocenters. The lowest BCUT2D eigenvalue weighted by Gasteiger charge is -2.37. The minimum atomic E-state index is -3.26. The van der Waals surface area contributed by atoms with Crippen LogP contribution in [0, 0.1) is 0 Å². The first kappa shape index (κ1) is 19.7. The van der Waals surface area contributed by atoms with Crippen molar-refractivity contribution in [3.63, 3.8) is 0 Å². The van der Waals surface area contributed by atoms with E-state index >= 15 is 0 Å². The van der Waals surface area contributed by atoms with Crippen molar-refractivity contribution in [3.8, 4) is 5.75 Å². The molecule has 1 aromatic carbocycles. The lowest BCUT2D eigenvalue weighted by atomic mass is 10.1. The maximum absolute atomic E-state index is 12.2. The molecule has 0 bridgehead atoms. The van der Waals surface area contributed by atoms with Gasteiger partial charge in [-0.3, -0.25) is 4.79 Å². The largest absolute Gasteiger partial charge is 0.486 e. The molecular formula is C18H20N2O7S. The van der Waals surface area contributed by atoms with Crippen LogP contribution >= 0.6 is 0 Å². The first-order chi connectivity index (χ1) is 13.3. The SMILES string of the molecule is COC(=O)N1CC(NC(=O)c2ccc(COc3ccc(S(C)(=O)=O)cc3)o2)C1. The van der Waals surface area contributed by atoms with Gasteiger partial charge in [0.25, 0.3) is 5.91 Å². The number of ether oxygens (including phenoxy) is 2. The van der Waals surface area contributed by atoms with Gasteiger partial charge in [-0.25, -0.2) is 13.2 Å². The molecule has 9 nitrogen and oxygen atoms in total. The molecule has 2 aromatic rings. The van der Waals surface area contributed by atoms with Crippen LogP contribution in [-0.2, 0) is 21.2 Å². The summed E-state index contributed by atoms with van der Waals surface area (Å²) in [5.41, 5.74) is 0. The zero-order valence-electron chi connectivity index (χ0n) is 15.4. The molecule has 28 heavy (non-hydrogen) atoms. The Balaban J connectivity index is 1.49. The van der Waals surface area contributed by atoms with E-state index in [0.29, 0.717) is 24.6 Å². The monoisotopic (exact) mass is 408 g/mol. The molecule has 1 saturated heterocycles. The van der Waals surface area contributed by atoms with Crippen molar-refractivity contribution in [3.05, 3.63) is 47.9 Å². The number of amides is 2. The number of benzene rings is 1. The average Bonchev–Trinajstić information content (AvgIpc) is 3.10. The Labute approximate surface area is 162 Å². The maximum atomic E-state index is 12.2. The molecule has 0 radical (unpaired) electrons. The lowest BCUT2D eigenvalue weighted by Crippen LogP contribution is -2.60. The Morgan fingerprint density at radius 3 is 2.46 bits per heavy atom. The van der Waals surface area contributed by atoms with E-state index in [1.54, 1.807) is 18.2 Å². The molecule has 1 aliphatic rings. The van der Waals surface area contributed by atoms with Crippen molar-refractivity contribution in [1.82, 2.24) is 10.2 Å². The molecule has 1 N–H and O–H groups in total. The number of sulfone groups is 1. The molecule has 3 rings (SSSR count). The highest BCUT2D eigenvalue weighted by Gasteiger charge is 2.32. The highest BCUT2D eigenvalue weighted by atomic mass is 32.2. The fourth-order valence-corrected chi connectivity index (χ4v) is 3.25. The van der Waals surface area contributed by atoms with Crippen molar-refractivity contribution < 1.29 is 31.9 Å². The lowest BCUT2D eigenvalue weighted by molar-refractivity contribution is 0.0681. The molecule has 150 valence electrons. The number of carbonyl (C=O) groups excluding carboxylic acids is 2. The first-order valence-electron chi connectivity index (χ1n) is 8.41. The van der Waals surface area contributed by atoms with Gasteiger partial charge in [0, 0.05) is 19.3 Å². The molecular weight excluding hydrogens is 388 g/mol. The van der Waals surface area contributed by atoms with Crippen molar-refractivity contribution in [1.29, 1.82) is 0 Å². The van der Waals surface area contributed by atoms with E-state index in [-0.39, 0.29) is 29.2 Å². The zero-order valence-corrected chi connectivity index (χ0v) is 16.2. The molecule has 1 fully saturated rings. The fourth-order valence-electron chi connectivity index (χ4n) is 2.62. The Bertz CT molecular complexity index is 960. The second kappa shape index (κ2) is 7.93. The number of nitrogens with one attached hydrogen (secondary N) is 1. The summed E-state index contributed by atoms with van der Waals surface area (Å²) in [6.07, 6.45) is 0.710. The zero-order chi connectivity index (χ0) is 20.3. The minimum Gasteiger partial charge on any atom is -0.486 e. The number of likely N-dealkylation sites (tertiary alicyclic amines) is 1. The standard InChI is InChI=1S/C18H20N2O7S/c1-25-18(22)20-9-12(10-20)19-17(21)16-8-5-14(27-16)11-26-13-3-6-15(7-4-13)28(2,23)24/h3-8,12H,9-11H2,1-2H3,(H,19,21). The minimum absolute atomic E-state index is 0.0883. The van der Waals surface area contributed by atoms with Gasteiger partial charge in [0.2, 0.25) is 0 Å². The van der Waals surface area contributed by atoms with Crippen molar-refractivity contribution in [2.75, 3.05) is 26.5 Å². The summed E-state index contributed by atoms with van der Waals surface area (Å²) in [6, 6.07) is 9.04. The predicted molar refractivity (Wildman–Crippen MR) is 97.8 cm³/mol. The van der Waals surface area contributed by atoms with E-state index in [4.69, 9.17) is 9.15 Å². The number of methoxy groups -OCH3 is 1. The highest BCUT2D eigenvalue weighted by Crippen LogP contribution is 2.18. The van der Waals surface area contributed by atoms with Crippen molar-refractivity contribution in [2.45, 2.75) is 17.5 Å². The van der Waals surface area contributed by atoms with Crippen LogP contribution in [0.25, 0.3) is 0 Å².